The summed E-state index contributed by atoms with van der Waals surface area (Å²) < 4.78 is 11.2. The lowest BCUT2D eigenvalue weighted by Crippen LogP contribution is -2.41. The van der Waals surface area contributed by atoms with Crippen molar-refractivity contribution in [3.8, 4) is 0 Å². The van der Waals surface area contributed by atoms with Crippen LogP contribution in [-0.4, -0.2) is 17.6 Å². The molecule has 102 valence electrons. The van der Waals surface area contributed by atoms with Gasteiger partial charge >= 0.3 is 0 Å². The van der Waals surface area contributed by atoms with Crippen molar-refractivity contribution in [3.05, 3.63) is 45.5 Å². The Labute approximate surface area is 111 Å². The molecule has 1 aliphatic heterocycles. The van der Waals surface area contributed by atoms with Gasteiger partial charge in [-0.1, -0.05) is 24.3 Å². The SMILES string of the molecule is CO[C@@H]1O[C@H](C2([N+](=O)[O-])CCCC2)c2ccccc21. The highest BCUT2D eigenvalue weighted by atomic mass is 16.7. The Morgan fingerprint density at radius 3 is 2.53 bits per heavy atom. The molecule has 5 heteroatoms. The molecule has 0 amide bonds. The van der Waals surface area contributed by atoms with Crippen LogP contribution in [-0.2, 0) is 9.47 Å². The number of rotatable bonds is 3. The van der Waals surface area contributed by atoms with Crippen LogP contribution < -0.4 is 0 Å². The summed E-state index contributed by atoms with van der Waals surface area (Å²) in [5.74, 6) is 0. The van der Waals surface area contributed by atoms with Gasteiger partial charge in [-0.3, -0.25) is 10.1 Å². The molecule has 0 aromatic heterocycles. The van der Waals surface area contributed by atoms with E-state index in [4.69, 9.17) is 9.47 Å². The summed E-state index contributed by atoms with van der Waals surface area (Å²) in [6.45, 7) is 0. The lowest BCUT2D eigenvalue weighted by molar-refractivity contribution is -0.585. The van der Waals surface area contributed by atoms with Crippen LogP contribution in [0.5, 0.6) is 0 Å². The minimum absolute atomic E-state index is 0.139. The molecule has 0 unspecified atom stereocenters. The second-order valence-electron chi connectivity index (χ2n) is 5.28. The minimum atomic E-state index is -0.983. The van der Waals surface area contributed by atoms with Gasteiger partial charge in [-0.25, -0.2) is 0 Å². The van der Waals surface area contributed by atoms with Crippen molar-refractivity contribution in [1.82, 2.24) is 0 Å². The summed E-state index contributed by atoms with van der Waals surface area (Å²) in [5.41, 5.74) is 0.847. The molecule has 0 saturated heterocycles. The molecular weight excluding hydrogens is 246 g/mol. The molecule has 0 bridgehead atoms. The fourth-order valence-corrected chi connectivity index (χ4v) is 3.36. The van der Waals surface area contributed by atoms with Gasteiger partial charge in [0.05, 0.1) is 0 Å². The van der Waals surface area contributed by atoms with Crippen molar-refractivity contribution in [2.45, 2.75) is 43.6 Å². The van der Waals surface area contributed by atoms with Crippen molar-refractivity contribution in [2.75, 3.05) is 7.11 Å². The van der Waals surface area contributed by atoms with E-state index in [0.717, 1.165) is 24.0 Å². The Hall–Kier alpha value is -1.46. The first kappa shape index (κ1) is 12.6. The van der Waals surface area contributed by atoms with Gasteiger partial charge in [0, 0.05) is 30.4 Å². The topological polar surface area (TPSA) is 61.6 Å². The zero-order valence-electron chi connectivity index (χ0n) is 10.9. The van der Waals surface area contributed by atoms with E-state index in [-0.39, 0.29) is 4.92 Å². The van der Waals surface area contributed by atoms with Gasteiger partial charge in [0.1, 0.15) is 0 Å². The second kappa shape index (κ2) is 4.58. The number of nitro groups is 1. The minimum Gasteiger partial charge on any atom is -0.352 e. The maximum absolute atomic E-state index is 11.6. The van der Waals surface area contributed by atoms with Crippen LogP contribution in [0.1, 0.15) is 49.2 Å². The molecule has 0 spiro atoms. The van der Waals surface area contributed by atoms with E-state index in [1.165, 1.54) is 0 Å². The standard InChI is InChI=1S/C14H17NO4/c1-18-13-11-7-3-2-6-10(11)12(19-13)14(15(16)17)8-4-5-9-14/h2-3,6-7,12-13H,4-5,8-9H2,1H3/t12-,13+/m0/s1. The van der Waals surface area contributed by atoms with Crippen molar-refractivity contribution >= 4 is 0 Å². The van der Waals surface area contributed by atoms with E-state index < -0.39 is 17.9 Å². The third-order valence-electron chi connectivity index (χ3n) is 4.33. The van der Waals surface area contributed by atoms with Gasteiger partial charge in [-0.05, 0) is 18.4 Å². The molecule has 3 rings (SSSR count). The average Bonchev–Trinajstić information content (AvgIpc) is 3.03. The quantitative estimate of drug-likeness (QED) is 0.621. The Bertz CT molecular complexity index is 496. The number of fused-ring (bicyclic) bond motifs is 1. The van der Waals surface area contributed by atoms with Gasteiger partial charge in [0.2, 0.25) is 0 Å². The smallest absolute Gasteiger partial charge is 0.252 e. The lowest BCUT2D eigenvalue weighted by Gasteiger charge is -2.26. The zero-order chi connectivity index (χ0) is 13.5. The van der Waals surface area contributed by atoms with E-state index in [2.05, 4.69) is 0 Å². The van der Waals surface area contributed by atoms with E-state index in [9.17, 15) is 10.1 Å². The van der Waals surface area contributed by atoms with Gasteiger partial charge in [-0.2, -0.15) is 0 Å². The van der Waals surface area contributed by atoms with Crippen LogP contribution >= 0.6 is 0 Å². The van der Waals surface area contributed by atoms with Gasteiger partial charge in [0.15, 0.2) is 12.4 Å². The molecule has 19 heavy (non-hydrogen) atoms. The van der Waals surface area contributed by atoms with Crippen molar-refractivity contribution in [2.24, 2.45) is 0 Å². The highest BCUT2D eigenvalue weighted by molar-refractivity contribution is 5.35. The number of hydrogen-bond donors (Lipinski definition) is 0. The van der Waals surface area contributed by atoms with Gasteiger partial charge < -0.3 is 9.47 Å². The Kier molecular flexibility index (Phi) is 3.03. The van der Waals surface area contributed by atoms with Crippen molar-refractivity contribution in [1.29, 1.82) is 0 Å². The highest BCUT2D eigenvalue weighted by Gasteiger charge is 2.57. The fraction of sp³-hybridized carbons (Fsp3) is 0.571. The summed E-state index contributed by atoms with van der Waals surface area (Å²) in [6, 6.07) is 7.65. The monoisotopic (exact) mass is 263 g/mol. The number of hydrogen-bond acceptors (Lipinski definition) is 4. The van der Waals surface area contributed by atoms with Crippen LogP contribution in [0.4, 0.5) is 0 Å². The lowest BCUT2D eigenvalue weighted by atomic mass is 9.86. The molecule has 1 saturated carbocycles. The molecule has 0 radical (unpaired) electrons. The number of ether oxygens (including phenoxy) is 2. The summed E-state index contributed by atoms with van der Waals surface area (Å²) in [7, 11) is 1.57. The first-order valence-electron chi connectivity index (χ1n) is 6.60. The summed E-state index contributed by atoms with van der Waals surface area (Å²) in [5, 5.41) is 11.6. The van der Waals surface area contributed by atoms with Crippen LogP contribution in [0.25, 0.3) is 0 Å². The number of nitrogens with zero attached hydrogens (tertiary/aromatic N) is 1. The zero-order valence-corrected chi connectivity index (χ0v) is 10.9. The van der Waals surface area contributed by atoms with E-state index in [1.54, 1.807) is 7.11 Å². The summed E-state index contributed by atoms with van der Waals surface area (Å²) in [4.78, 5) is 11.5. The second-order valence-corrected chi connectivity index (χ2v) is 5.28. The van der Waals surface area contributed by atoms with Crippen LogP contribution in [0.3, 0.4) is 0 Å². The number of methoxy groups -OCH3 is 1. The third kappa shape index (κ3) is 1.76. The molecule has 5 nitrogen and oxygen atoms in total. The molecule has 2 aliphatic rings. The van der Waals surface area contributed by atoms with E-state index in [1.807, 2.05) is 24.3 Å². The first-order valence-corrected chi connectivity index (χ1v) is 6.60. The molecule has 2 atom stereocenters. The van der Waals surface area contributed by atoms with Crippen LogP contribution in [0.2, 0.25) is 0 Å². The molecule has 1 aromatic carbocycles. The normalized spacial score (nSPS) is 28.3. The summed E-state index contributed by atoms with van der Waals surface area (Å²) >= 11 is 0. The summed E-state index contributed by atoms with van der Waals surface area (Å²) in [6.07, 6.45) is 1.95. The molecule has 1 fully saturated rings. The van der Waals surface area contributed by atoms with E-state index in [0.29, 0.717) is 12.8 Å². The average molecular weight is 263 g/mol. The Morgan fingerprint density at radius 2 is 1.95 bits per heavy atom. The van der Waals surface area contributed by atoms with E-state index >= 15 is 0 Å². The van der Waals surface area contributed by atoms with Crippen molar-refractivity contribution in [3.63, 3.8) is 0 Å². The molecule has 1 aliphatic carbocycles. The van der Waals surface area contributed by atoms with Gasteiger partial charge in [0.25, 0.3) is 5.54 Å². The predicted octanol–water partition coefficient (Wildman–Crippen LogP) is 2.99. The highest BCUT2D eigenvalue weighted by Crippen LogP contribution is 2.51. The fourth-order valence-electron chi connectivity index (χ4n) is 3.36. The van der Waals surface area contributed by atoms with Gasteiger partial charge in [-0.15, -0.1) is 0 Å². The maximum Gasteiger partial charge on any atom is 0.252 e. The number of benzene rings is 1. The molecular formula is C14H17NO4. The maximum atomic E-state index is 11.6. The molecule has 0 N–H and O–H groups in total. The Morgan fingerprint density at radius 1 is 1.32 bits per heavy atom. The van der Waals surface area contributed by atoms with Crippen LogP contribution in [0.15, 0.2) is 24.3 Å². The van der Waals surface area contributed by atoms with Crippen LogP contribution in [0, 0.1) is 10.1 Å². The first-order chi connectivity index (χ1) is 9.19. The predicted molar refractivity (Wildman–Crippen MR) is 68.2 cm³/mol. The molecule has 1 heterocycles. The molecule has 1 aromatic rings. The van der Waals surface area contributed by atoms with Crippen molar-refractivity contribution < 1.29 is 14.4 Å². The largest absolute Gasteiger partial charge is 0.352 e. The third-order valence-corrected chi connectivity index (χ3v) is 4.33. The Balaban J connectivity index is 2.05.